The normalized spacial score (nSPS) is 13.8. The van der Waals surface area contributed by atoms with Gasteiger partial charge in [0, 0.05) is 16.1 Å². The standard InChI is InChI=1S/C27H18ClFN2O2/c1-16-9-12-19(28)15-23(16)31-26(32)24(18-10-13-20(29)14-11-18)25(27(31)33)30-22-8-4-6-17-5-2-3-7-21(17)22/h2-15,30H,1H3. The number of hydrogen-bond acceptors (Lipinski definition) is 3. The van der Waals surface area contributed by atoms with Gasteiger partial charge < -0.3 is 5.32 Å². The van der Waals surface area contributed by atoms with Crippen LogP contribution in [0.1, 0.15) is 11.1 Å². The number of benzene rings is 4. The molecule has 6 heteroatoms. The number of carbonyl (C=O) groups excluding carboxylic acids is 2. The number of rotatable bonds is 4. The molecule has 0 aromatic heterocycles. The first-order chi connectivity index (χ1) is 15.9. The van der Waals surface area contributed by atoms with E-state index in [1.54, 1.807) is 25.1 Å². The van der Waals surface area contributed by atoms with Crippen LogP contribution >= 0.6 is 11.6 Å². The van der Waals surface area contributed by atoms with E-state index in [0.29, 0.717) is 22.0 Å². The molecule has 0 aliphatic carbocycles. The summed E-state index contributed by atoms with van der Waals surface area (Å²) in [4.78, 5) is 28.4. The van der Waals surface area contributed by atoms with Crippen LogP contribution in [0.25, 0.3) is 16.3 Å². The number of anilines is 2. The van der Waals surface area contributed by atoms with E-state index in [-0.39, 0.29) is 11.3 Å². The maximum absolute atomic E-state index is 13.6. The molecule has 162 valence electrons. The third-order valence-corrected chi connectivity index (χ3v) is 5.91. The second-order valence-corrected chi connectivity index (χ2v) is 8.22. The summed E-state index contributed by atoms with van der Waals surface area (Å²) in [6.07, 6.45) is 0. The van der Waals surface area contributed by atoms with Crippen LogP contribution in [0.5, 0.6) is 0 Å². The smallest absolute Gasteiger partial charge is 0.282 e. The lowest BCUT2D eigenvalue weighted by molar-refractivity contribution is -0.120. The fourth-order valence-corrected chi connectivity index (χ4v) is 4.21. The van der Waals surface area contributed by atoms with Crippen LogP contribution in [0.4, 0.5) is 15.8 Å². The van der Waals surface area contributed by atoms with Crippen molar-refractivity contribution in [1.29, 1.82) is 0 Å². The summed E-state index contributed by atoms with van der Waals surface area (Å²) in [6, 6.07) is 24.0. The third-order valence-electron chi connectivity index (χ3n) is 5.68. The maximum Gasteiger partial charge on any atom is 0.282 e. The van der Waals surface area contributed by atoms with Gasteiger partial charge in [-0.2, -0.15) is 0 Å². The second kappa shape index (κ2) is 8.19. The van der Waals surface area contributed by atoms with Crippen molar-refractivity contribution < 1.29 is 14.0 Å². The van der Waals surface area contributed by atoms with Crippen molar-refractivity contribution in [2.45, 2.75) is 6.92 Å². The number of imide groups is 1. The van der Waals surface area contributed by atoms with E-state index in [0.717, 1.165) is 21.2 Å². The first kappa shape index (κ1) is 20.9. The summed E-state index contributed by atoms with van der Waals surface area (Å²) >= 11 is 6.17. The topological polar surface area (TPSA) is 49.4 Å². The van der Waals surface area contributed by atoms with Crippen LogP contribution in [0, 0.1) is 12.7 Å². The first-order valence-electron chi connectivity index (χ1n) is 10.3. The fourth-order valence-electron chi connectivity index (χ4n) is 4.04. The Bertz CT molecular complexity index is 1460. The Balaban J connectivity index is 1.68. The monoisotopic (exact) mass is 456 g/mol. The van der Waals surface area contributed by atoms with Gasteiger partial charge in [0.15, 0.2) is 0 Å². The Hall–Kier alpha value is -3.96. The molecular formula is C27H18ClFN2O2. The summed E-state index contributed by atoms with van der Waals surface area (Å²) in [7, 11) is 0. The molecule has 1 aliphatic rings. The third kappa shape index (κ3) is 3.66. The molecule has 33 heavy (non-hydrogen) atoms. The SMILES string of the molecule is Cc1ccc(Cl)cc1N1C(=O)C(Nc2cccc3ccccc23)=C(c2ccc(F)cc2)C1=O. The van der Waals surface area contributed by atoms with Gasteiger partial charge in [-0.3, -0.25) is 9.59 Å². The summed E-state index contributed by atoms with van der Waals surface area (Å²) in [5.41, 5.74) is 2.57. The lowest BCUT2D eigenvalue weighted by Gasteiger charge is -2.18. The van der Waals surface area contributed by atoms with Crippen molar-refractivity contribution in [2.24, 2.45) is 0 Å². The molecule has 0 unspecified atom stereocenters. The number of amides is 2. The van der Waals surface area contributed by atoms with Crippen molar-refractivity contribution in [3.05, 3.63) is 113 Å². The number of hydrogen-bond donors (Lipinski definition) is 1. The average Bonchev–Trinajstić information content (AvgIpc) is 3.05. The predicted molar refractivity (Wildman–Crippen MR) is 130 cm³/mol. The van der Waals surface area contributed by atoms with E-state index in [1.165, 1.54) is 24.3 Å². The Morgan fingerprint density at radius 2 is 1.58 bits per heavy atom. The Labute approximate surface area is 194 Å². The molecule has 1 N–H and O–H groups in total. The van der Waals surface area contributed by atoms with Crippen LogP contribution < -0.4 is 10.2 Å². The number of nitrogens with zero attached hydrogens (tertiary/aromatic N) is 1. The van der Waals surface area contributed by atoms with Crippen LogP contribution in [-0.2, 0) is 9.59 Å². The highest BCUT2D eigenvalue weighted by Gasteiger charge is 2.41. The molecule has 0 radical (unpaired) electrons. The van der Waals surface area contributed by atoms with Crippen molar-refractivity contribution in [1.82, 2.24) is 0 Å². The minimum atomic E-state index is -0.502. The molecule has 0 bridgehead atoms. The minimum Gasteiger partial charge on any atom is -0.350 e. The van der Waals surface area contributed by atoms with E-state index in [2.05, 4.69) is 5.32 Å². The Morgan fingerprint density at radius 3 is 2.36 bits per heavy atom. The van der Waals surface area contributed by atoms with Crippen LogP contribution in [0.15, 0.2) is 90.6 Å². The van der Waals surface area contributed by atoms with Gasteiger partial charge in [-0.25, -0.2) is 9.29 Å². The van der Waals surface area contributed by atoms with Crippen molar-refractivity contribution in [3.63, 3.8) is 0 Å². The van der Waals surface area contributed by atoms with Crippen molar-refractivity contribution in [2.75, 3.05) is 10.2 Å². The molecule has 2 amide bonds. The van der Waals surface area contributed by atoms with Crippen LogP contribution in [0.3, 0.4) is 0 Å². The maximum atomic E-state index is 13.6. The average molecular weight is 457 g/mol. The van der Waals surface area contributed by atoms with Gasteiger partial charge in [-0.05, 0) is 53.8 Å². The van der Waals surface area contributed by atoms with Gasteiger partial charge in [0.2, 0.25) is 0 Å². The molecule has 5 rings (SSSR count). The van der Waals surface area contributed by atoms with E-state index < -0.39 is 17.6 Å². The summed E-state index contributed by atoms with van der Waals surface area (Å²) in [5.74, 6) is -1.43. The highest BCUT2D eigenvalue weighted by Crippen LogP contribution is 2.37. The van der Waals surface area contributed by atoms with Crippen molar-refractivity contribution in [3.8, 4) is 0 Å². The number of fused-ring (bicyclic) bond motifs is 1. The quantitative estimate of drug-likeness (QED) is 0.365. The number of carbonyl (C=O) groups is 2. The van der Waals surface area contributed by atoms with E-state index >= 15 is 0 Å². The van der Waals surface area contributed by atoms with Crippen molar-refractivity contribution >= 4 is 51.1 Å². The van der Waals surface area contributed by atoms with Crippen LogP contribution in [-0.4, -0.2) is 11.8 Å². The summed E-state index contributed by atoms with van der Waals surface area (Å²) < 4.78 is 13.6. The van der Waals surface area contributed by atoms with Gasteiger partial charge in [0.25, 0.3) is 11.8 Å². The van der Waals surface area contributed by atoms with Gasteiger partial charge in [0.1, 0.15) is 11.5 Å². The van der Waals surface area contributed by atoms with E-state index in [4.69, 9.17) is 11.6 Å². The lowest BCUT2D eigenvalue weighted by Crippen LogP contribution is -2.33. The lowest BCUT2D eigenvalue weighted by atomic mass is 10.0. The minimum absolute atomic E-state index is 0.127. The molecule has 1 heterocycles. The molecule has 0 saturated heterocycles. The molecular weight excluding hydrogens is 439 g/mol. The van der Waals surface area contributed by atoms with E-state index in [9.17, 15) is 14.0 Å². The second-order valence-electron chi connectivity index (χ2n) is 7.79. The number of nitrogens with one attached hydrogen (secondary N) is 1. The number of halogens is 2. The first-order valence-corrected chi connectivity index (χ1v) is 10.7. The molecule has 4 aromatic carbocycles. The molecule has 1 aliphatic heterocycles. The summed E-state index contributed by atoms with van der Waals surface area (Å²) in [5, 5.41) is 5.51. The summed E-state index contributed by atoms with van der Waals surface area (Å²) in [6.45, 7) is 1.81. The van der Waals surface area contributed by atoms with Gasteiger partial charge >= 0.3 is 0 Å². The highest BCUT2D eigenvalue weighted by atomic mass is 35.5. The van der Waals surface area contributed by atoms with E-state index in [1.807, 2.05) is 42.5 Å². The van der Waals surface area contributed by atoms with Gasteiger partial charge in [-0.1, -0.05) is 66.2 Å². The molecule has 0 spiro atoms. The molecule has 0 fully saturated rings. The fraction of sp³-hybridized carbons (Fsp3) is 0.0370. The molecule has 4 nitrogen and oxygen atoms in total. The zero-order valence-corrected chi connectivity index (χ0v) is 18.4. The highest BCUT2D eigenvalue weighted by molar-refractivity contribution is 6.46. The molecule has 4 aromatic rings. The van der Waals surface area contributed by atoms with Gasteiger partial charge in [0.05, 0.1) is 11.3 Å². The largest absolute Gasteiger partial charge is 0.350 e. The predicted octanol–water partition coefficient (Wildman–Crippen LogP) is 6.34. The zero-order valence-electron chi connectivity index (χ0n) is 17.6. The van der Waals surface area contributed by atoms with Gasteiger partial charge in [-0.15, -0.1) is 0 Å². The Morgan fingerprint density at radius 1 is 0.848 bits per heavy atom. The number of aryl methyl sites for hydroxylation is 1. The van der Waals surface area contributed by atoms with Crippen LogP contribution in [0.2, 0.25) is 5.02 Å². The molecule has 0 atom stereocenters. The molecule has 0 saturated carbocycles. The Kier molecular flexibility index (Phi) is 5.19. The zero-order chi connectivity index (χ0) is 23.1.